The highest BCUT2D eigenvalue weighted by Gasteiger charge is 2.25. The van der Waals surface area contributed by atoms with Crippen molar-refractivity contribution in [3.63, 3.8) is 0 Å². The van der Waals surface area contributed by atoms with Gasteiger partial charge in [-0.15, -0.1) is 0 Å². The standard InChI is InChI=1S/C11H20N2O2/c1-7(2)8(3)13-11(15)9-4-5-10(14)12-6-9/h7-9H,4-6H2,1-3H3,(H,12,14)(H,13,15). The van der Waals surface area contributed by atoms with Crippen molar-refractivity contribution >= 4 is 11.8 Å². The summed E-state index contributed by atoms with van der Waals surface area (Å²) in [7, 11) is 0. The van der Waals surface area contributed by atoms with E-state index in [4.69, 9.17) is 0 Å². The summed E-state index contributed by atoms with van der Waals surface area (Å²) in [6.45, 7) is 6.64. The number of hydrogen-bond acceptors (Lipinski definition) is 2. The van der Waals surface area contributed by atoms with Crippen molar-refractivity contribution in [2.75, 3.05) is 6.54 Å². The smallest absolute Gasteiger partial charge is 0.225 e. The molecule has 0 spiro atoms. The van der Waals surface area contributed by atoms with Gasteiger partial charge in [0.2, 0.25) is 11.8 Å². The molecule has 0 aromatic heterocycles. The first-order chi connectivity index (χ1) is 7.00. The number of carbonyl (C=O) groups is 2. The second-order valence-corrected chi connectivity index (χ2v) is 4.58. The molecule has 1 aliphatic heterocycles. The highest BCUT2D eigenvalue weighted by Crippen LogP contribution is 2.11. The maximum Gasteiger partial charge on any atom is 0.225 e. The molecule has 2 N–H and O–H groups in total. The first-order valence-electron chi connectivity index (χ1n) is 5.57. The van der Waals surface area contributed by atoms with Gasteiger partial charge in [0.25, 0.3) is 0 Å². The van der Waals surface area contributed by atoms with E-state index in [-0.39, 0.29) is 23.8 Å². The molecule has 0 bridgehead atoms. The second kappa shape index (κ2) is 5.14. The van der Waals surface area contributed by atoms with E-state index in [0.29, 0.717) is 25.3 Å². The quantitative estimate of drug-likeness (QED) is 0.722. The number of nitrogens with one attached hydrogen (secondary N) is 2. The molecule has 1 fully saturated rings. The van der Waals surface area contributed by atoms with Crippen LogP contribution in [0.1, 0.15) is 33.6 Å². The molecule has 0 aromatic carbocycles. The number of hydrogen-bond donors (Lipinski definition) is 2. The molecule has 0 saturated carbocycles. The average molecular weight is 212 g/mol. The highest BCUT2D eigenvalue weighted by atomic mass is 16.2. The van der Waals surface area contributed by atoms with E-state index in [0.717, 1.165) is 0 Å². The molecule has 86 valence electrons. The van der Waals surface area contributed by atoms with Crippen LogP contribution in [0.3, 0.4) is 0 Å². The van der Waals surface area contributed by atoms with Crippen LogP contribution >= 0.6 is 0 Å². The SMILES string of the molecule is CC(C)C(C)NC(=O)C1CCC(=O)NC1. The summed E-state index contributed by atoms with van der Waals surface area (Å²) in [5.41, 5.74) is 0. The molecule has 2 atom stereocenters. The largest absolute Gasteiger partial charge is 0.355 e. The highest BCUT2D eigenvalue weighted by molar-refractivity contribution is 5.83. The Morgan fingerprint density at radius 2 is 2.13 bits per heavy atom. The summed E-state index contributed by atoms with van der Waals surface area (Å²) >= 11 is 0. The number of rotatable bonds is 3. The van der Waals surface area contributed by atoms with Crippen molar-refractivity contribution in [2.45, 2.75) is 39.7 Å². The van der Waals surface area contributed by atoms with Gasteiger partial charge in [-0.05, 0) is 19.3 Å². The Labute approximate surface area is 90.8 Å². The van der Waals surface area contributed by atoms with E-state index >= 15 is 0 Å². The van der Waals surface area contributed by atoms with E-state index in [2.05, 4.69) is 24.5 Å². The van der Waals surface area contributed by atoms with E-state index in [1.807, 2.05) is 6.92 Å². The van der Waals surface area contributed by atoms with Crippen LogP contribution in [0.4, 0.5) is 0 Å². The maximum atomic E-state index is 11.8. The molecule has 4 nitrogen and oxygen atoms in total. The van der Waals surface area contributed by atoms with Crippen molar-refractivity contribution < 1.29 is 9.59 Å². The molecule has 1 heterocycles. The third kappa shape index (κ3) is 3.53. The second-order valence-electron chi connectivity index (χ2n) is 4.58. The Kier molecular flexibility index (Phi) is 4.12. The predicted molar refractivity (Wildman–Crippen MR) is 58.2 cm³/mol. The van der Waals surface area contributed by atoms with Gasteiger partial charge in [0, 0.05) is 19.0 Å². The van der Waals surface area contributed by atoms with Crippen molar-refractivity contribution in [1.82, 2.24) is 10.6 Å². The summed E-state index contributed by atoms with van der Waals surface area (Å²) in [5.74, 6) is 0.503. The molecule has 2 amide bonds. The predicted octanol–water partition coefficient (Wildman–Crippen LogP) is 0.673. The Morgan fingerprint density at radius 3 is 2.60 bits per heavy atom. The Bertz CT molecular complexity index is 241. The van der Waals surface area contributed by atoms with Crippen LogP contribution in [0.5, 0.6) is 0 Å². The van der Waals surface area contributed by atoms with Crippen molar-refractivity contribution in [3.05, 3.63) is 0 Å². The fourth-order valence-corrected chi connectivity index (χ4v) is 1.47. The van der Waals surface area contributed by atoms with Gasteiger partial charge in [-0.25, -0.2) is 0 Å². The minimum Gasteiger partial charge on any atom is -0.355 e. The summed E-state index contributed by atoms with van der Waals surface area (Å²) in [6.07, 6.45) is 1.14. The molecule has 1 aliphatic rings. The molecule has 0 aliphatic carbocycles. The van der Waals surface area contributed by atoms with Gasteiger partial charge in [-0.1, -0.05) is 13.8 Å². The average Bonchev–Trinajstić information content (AvgIpc) is 2.18. The van der Waals surface area contributed by atoms with Crippen LogP contribution < -0.4 is 10.6 Å². The monoisotopic (exact) mass is 212 g/mol. The fraction of sp³-hybridized carbons (Fsp3) is 0.818. The Morgan fingerprint density at radius 1 is 1.47 bits per heavy atom. The fourth-order valence-electron chi connectivity index (χ4n) is 1.47. The molecular weight excluding hydrogens is 192 g/mol. The van der Waals surface area contributed by atoms with Crippen molar-refractivity contribution in [3.8, 4) is 0 Å². The lowest BCUT2D eigenvalue weighted by Crippen LogP contribution is -2.46. The third-order valence-corrected chi connectivity index (χ3v) is 3.01. The lowest BCUT2D eigenvalue weighted by Gasteiger charge is -2.25. The van der Waals surface area contributed by atoms with Crippen LogP contribution in [0.15, 0.2) is 0 Å². The van der Waals surface area contributed by atoms with Crippen LogP contribution in [0, 0.1) is 11.8 Å². The Hall–Kier alpha value is -1.06. The molecule has 0 radical (unpaired) electrons. The van der Waals surface area contributed by atoms with Crippen LogP contribution in [0.2, 0.25) is 0 Å². The van der Waals surface area contributed by atoms with Gasteiger partial charge in [0.05, 0.1) is 5.92 Å². The van der Waals surface area contributed by atoms with Crippen LogP contribution in [-0.2, 0) is 9.59 Å². The third-order valence-electron chi connectivity index (χ3n) is 3.01. The molecule has 4 heteroatoms. The minimum atomic E-state index is -0.0519. The van der Waals surface area contributed by atoms with E-state index < -0.39 is 0 Å². The van der Waals surface area contributed by atoms with E-state index in [1.54, 1.807) is 0 Å². The molecule has 2 unspecified atom stereocenters. The van der Waals surface area contributed by atoms with Gasteiger partial charge in [0.1, 0.15) is 0 Å². The van der Waals surface area contributed by atoms with Crippen LogP contribution in [-0.4, -0.2) is 24.4 Å². The molecule has 1 saturated heterocycles. The van der Waals surface area contributed by atoms with Gasteiger partial charge < -0.3 is 10.6 Å². The summed E-state index contributed by atoms with van der Waals surface area (Å²) in [6, 6.07) is 0.190. The number of piperidine rings is 1. The lowest BCUT2D eigenvalue weighted by atomic mass is 9.97. The number of carbonyl (C=O) groups excluding carboxylic acids is 2. The first-order valence-corrected chi connectivity index (χ1v) is 5.57. The summed E-state index contributed by atoms with van der Waals surface area (Å²) in [4.78, 5) is 22.7. The lowest BCUT2D eigenvalue weighted by molar-refractivity contribution is -0.129. The van der Waals surface area contributed by atoms with Crippen molar-refractivity contribution in [1.29, 1.82) is 0 Å². The Balaban J connectivity index is 2.37. The van der Waals surface area contributed by atoms with Gasteiger partial charge in [-0.2, -0.15) is 0 Å². The van der Waals surface area contributed by atoms with Gasteiger partial charge in [-0.3, -0.25) is 9.59 Å². The minimum absolute atomic E-state index is 0.0518. The molecular formula is C11H20N2O2. The van der Waals surface area contributed by atoms with E-state index in [1.165, 1.54) is 0 Å². The zero-order valence-corrected chi connectivity index (χ0v) is 9.67. The van der Waals surface area contributed by atoms with Gasteiger partial charge >= 0.3 is 0 Å². The topological polar surface area (TPSA) is 58.2 Å². The molecule has 15 heavy (non-hydrogen) atoms. The molecule has 1 rings (SSSR count). The van der Waals surface area contributed by atoms with Gasteiger partial charge in [0.15, 0.2) is 0 Å². The first kappa shape index (κ1) is 12.0. The van der Waals surface area contributed by atoms with Crippen molar-refractivity contribution in [2.24, 2.45) is 11.8 Å². The van der Waals surface area contributed by atoms with Crippen LogP contribution in [0.25, 0.3) is 0 Å². The zero-order valence-electron chi connectivity index (χ0n) is 9.67. The molecule has 0 aromatic rings. The zero-order chi connectivity index (χ0) is 11.4. The summed E-state index contributed by atoms with van der Waals surface area (Å²) < 4.78 is 0. The summed E-state index contributed by atoms with van der Waals surface area (Å²) in [5, 5.41) is 5.69. The van der Waals surface area contributed by atoms with E-state index in [9.17, 15) is 9.59 Å². The maximum absolute atomic E-state index is 11.8. The number of amides is 2. The normalized spacial score (nSPS) is 23.5.